The Labute approximate surface area is 183 Å². The van der Waals surface area contributed by atoms with E-state index in [2.05, 4.69) is 30.3 Å². The highest BCUT2D eigenvalue weighted by atomic mass is 32.2. The van der Waals surface area contributed by atoms with Crippen LogP contribution in [0, 0.1) is 24.2 Å². The Morgan fingerprint density at radius 1 is 1.26 bits per heavy atom. The molecule has 0 atom stereocenters. The number of piperidine rings is 1. The van der Waals surface area contributed by atoms with Gasteiger partial charge in [-0.3, -0.25) is 4.79 Å². The van der Waals surface area contributed by atoms with E-state index in [1.165, 1.54) is 4.31 Å². The van der Waals surface area contributed by atoms with Crippen molar-refractivity contribution in [2.24, 2.45) is 5.92 Å². The summed E-state index contributed by atoms with van der Waals surface area (Å²) >= 11 is 0. The zero-order valence-corrected chi connectivity index (χ0v) is 19.0. The normalized spacial score (nSPS) is 15.7. The van der Waals surface area contributed by atoms with E-state index in [0.29, 0.717) is 50.6 Å². The van der Waals surface area contributed by atoms with Crippen molar-refractivity contribution in [2.75, 3.05) is 18.4 Å². The maximum Gasteiger partial charge on any atom is 0.243 e. The van der Waals surface area contributed by atoms with Crippen LogP contribution in [0.2, 0.25) is 0 Å². The molecule has 3 rings (SSSR count). The molecular formula is C22H29N5O3S. The van der Waals surface area contributed by atoms with E-state index in [9.17, 15) is 13.2 Å². The van der Waals surface area contributed by atoms with Gasteiger partial charge in [-0.1, -0.05) is 26.0 Å². The van der Waals surface area contributed by atoms with Crippen LogP contribution in [-0.4, -0.2) is 41.5 Å². The summed E-state index contributed by atoms with van der Waals surface area (Å²) in [7, 11) is -3.57. The summed E-state index contributed by atoms with van der Waals surface area (Å²) in [5, 5.41) is 16.0. The number of aryl methyl sites for hydroxylation is 2. The van der Waals surface area contributed by atoms with Crippen LogP contribution in [0.25, 0.3) is 0 Å². The standard InChI is InChI=1S/C22H29N5O3S/c1-16(2)18-5-7-20(8-6-18)31(29,30)26-13-9-19(10-14-26)22(28)24-21-15-17(3)25-27(21)12-4-11-23/h5-8,15-16,19H,4,9-10,12-14H2,1-3H3,(H,24,28). The number of nitrogens with zero attached hydrogens (tertiary/aromatic N) is 4. The SMILES string of the molecule is Cc1cc(NC(=O)C2CCN(S(=O)(=O)c3ccc(C(C)C)cc3)CC2)n(CCC#N)n1. The van der Waals surface area contributed by atoms with Crippen molar-refractivity contribution in [1.29, 1.82) is 5.26 Å². The Morgan fingerprint density at radius 3 is 2.48 bits per heavy atom. The van der Waals surface area contributed by atoms with E-state index in [1.54, 1.807) is 22.9 Å². The van der Waals surface area contributed by atoms with Gasteiger partial charge in [0, 0.05) is 25.1 Å². The number of rotatable bonds is 7. The number of nitriles is 1. The van der Waals surface area contributed by atoms with Gasteiger partial charge in [0.25, 0.3) is 0 Å². The molecule has 0 spiro atoms. The lowest BCUT2D eigenvalue weighted by Crippen LogP contribution is -2.41. The smallest absolute Gasteiger partial charge is 0.243 e. The molecular weight excluding hydrogens is 414 g/mol. The van der Waals surface area contributed by atoms with Gasteiger partial charge in [-0.15, -0.1) is 0 Å². The van der Waals surface area contributed by atoms with Crippen LogP contribution >= 0.6 is 0 Å². The molecule has 9 heteroatoms. The molecule has 8 nitrogen and oxygen atoms in total. The molecule has 0 unspecified atom stereocenters. The number of carbonyl (C=O) groups is 1. The number of benzene rings is 1. The molecule has 1 aliphatic rings. The van der Waals surface area contributed by atoms with Crippen LogP contribution in [0.1, 0.15) is 50.3 Å². The van der Waals surface area contributed by atoms with Crippen LogP contribution in [0.4, 0.5) is 5.82 Å². The highest BCUT2D eigenvalue weighted by Crippen LogP contribution is 2.26. The first-order valence-electron chi connectivity index (χ1n) is 10.5. The Kier molecular flexibility index (Phi) is 7.13. The zero-order chi connectivity index (χ0) is 22.6. The molecule has 0 bridgehead atoms. The van der Waals surface area contributed by atoms with E-state index >= 15 is 0 Å². The molecule has 2 aromatic rings. The summed E-state index contributed by atoms with van der Waals surface area (Å²) in [6.07, 6.45) is 1.22. The van der Waals surface area contributed by atoms with Crippen LogP contribution in [0.5, 0.6) is 0 Å². The molecule has 31 heavy (non-hydrogen) atoms. The minimum Gasteiger partial charge on any atom is -0.311 e. The number of carbonyl (C=O) groups excluding carboxylic acids is 1. The quantitative estimate of drug-likeness (QED) is 0.706. The maximum absolute atomic E-state index is 13.0. The third-order valence-corrected chi connectivity index (χ3v) is 7.51. The highest BCUT2D eigenvalue weighted by molar-refractivity contribution is 7.89. The lowest BCUT2D eigenvalue weighted by molar-refractivity contribution is -0.121. The fraction of sp³-hybridized carbons (Fsp3) is 0.500. The third-order valence-electron chi connectivity index (χ3n) is 5.60. The third kappa shape index (κ3) is 5.32. The first-order chi connectivity index (χ1) is 14.7. The number of hydrogen-bond acceptors (Lipinski definition) is 5. The van der Waals surface area contributed by atoms with Crippen molar-refractivity contribution in [1.82, 2.24) is 14.1 Å². The van der Waals surface area contributed by atoms with Crippen LogP contribution in [-0.2, 0) is 21.4 Å². The van der Waals surface area contributed by atoms with Crippen molar-refractivity contribution in [3.8, 4) is 6.07 Å². The minimum absolute atomic E-state index is 0.142. The van der Waals surface area contributed by atoms with Crippen LogP contribution in [0.15, 0.2) is 35.2 Å². The molecule has 166 valence electrons. The number of nitrogens with one attached hydrogen (secondary N) is 1. The maximum atomic E-state index is 13.0. The number of amides is 1. The summed E-state index contributed by atoms with van der Waals surface area (Å²) in [6.45, 7) is 6.98. The predicted molar refractivity (Wildman–Crippen MR) is 118 cm³/mol. The average molecular weight is 444 g/mol. The van der Waals surface area contributed by atoms with Crippen molar-refractivity contribution >= 4 is 21.7 Å². The van der Waals surface area contributed by atoms with Gasteiger partial charge < -0.3 is 5.32 Å². The second-order valence-electron chi connectivity index (χ2n) is 8.19. The summed E-state index contributed by atoms with van der Waals surface area (Å²) in [6, 6.07) is 10.9. The molecule has 0 saturated carbocycles. The molecule has 1 aromatic heterocycles. The Hall–Kier alpha value is -2.70. The van der Waals surface area contributed by atoms with Crippen molar-refractivity contribution < 1.29 is 13.2 Å². The largest absolute Gasteiger partial charge is 0.311 e. The zero-order valence-electron chi connectivity index (χ0n) is 18.2. The molecule has 1 aliphatic heterocycles. The number of anilines is 1. The first-order valence-corrected chi connectivity index (χ1v) is 12.0. The lowest BCUT2D eigenvalue weighted by atomic mass is 9.97. The van der Waals surface area contributed by atoms with E-state index in [4.69, 9.17) is 5.26 Å². The highest BCUT2D eigenvalue weighted by Gasteiger charge is 2.32. The van der Waals surface area contributed by atoms with Crippen LogP contribution in [0.3, 0.4) is 0 Å². The summed E-state index contributed by atoms with van der Waals surface area (Å²) in [5.74, 6) is 0.495. The van der Waals surface area contributed by atoms with Crippen molar-refractivity contribution in [2.45, 2.75) is 57.4 Å². The van der Waals surface area contributed by atoms with E-state index < -0.39 is 10.0 Å². The molecule has 1 N–H and O–H groups in total. The minimum atomic E-state index is -3.57. The molecule has 0 aliphatic carbocycles. The molecule has 0 radical (unpaired) electrons. The van der Waals surface area contributed by atoms with E-state index in [1.807, 2.05) is 19.1 Å². The molecule has 2 heterocycles. The number of hydrogen-bond donors (Lipinski definition) is 1. The first kappa shape index (κ1) is 23.0. The van der Waals surface area contributed by atoms with Crippen molar-refractivity contribution in [3.63, 3.8) is 0 Å². The van der Waals surface area contributed by atoms with Gasteiger partial charge in [0.1, 0.15) is 5.82 Å². The summed E-state index contributed by atoms with van der Waals surface area (Å²) < 4.78 is 29.0. The second-order valence-corrected chi connectivity index (χ2v) is 10.1. The van der Waals surface area contributed by atoms with Gasteiger partial charge in [0.15, 0.2) is 0 Å². The predicted octanol–water partition coefficient (Wildman–Crippen LogP) is 3.27. The Bertz CT molecular complexity index is 1060. The molecule has 1 amide bonds. The Balaban J connectivity index is 1.61. The van der Waals surface area contributed by atoms with Gasteiger partial charge in [-0.2, -0.15) is 14.7 Å². The van der Waals surface area contributed by atoms with E-state index in [-0.39, 0.29) is 16.7 Å². The molecule has 1 saturated heterocycles. The van der Waals surface area contributed by atoms with Gasteiger partial charge in [0.2, 0.25) is 15.9 Å². The van der Waals surface area contributed by atoms with Crippen molar-refractivity contribution in [3.05, 3.63) is 41.6 Å². The van der Waals surface area contributed by atoms with E-state index in [0.717, 1.165) is 11.3 Å². The monoisotopic (exact) mass is 443 g/mol. The Morgan fingerprint density at radius 2 is 1.90 bits per heavy atom. The summed E-state index contributed by atoms with van der Waals surface area (Å²) in [5.41, 5.74) is 1.86. The molecule has 1 aromatic carbocycles. The number of sulfonamides is 1. The fourth-order valence-corrected chi connectivity index (χ4v) is 5.20. The second kappa shape index (κ2) is 9.62. The average Bonchev–Trinajstić information content (AvgIpc) is 3.11. The lowest BCUT2D eigenvalue weighted by Gasteiger charge is -2.30. The van der Waals surface area contributed by atoms with Gasteiger partial charge in [-0.25, -0.2) is 13.1 Å². The number of aromatic nitrogens is 2. The van der Waals surface area contributed by atoms with Gasteiger partial charge in [0.05, 0.1) is 29.6 Å². The summed E-state index contributed by atoms with van der Waals surface area (Å²) in [4.78, 5) is 13.0. The van der Waals surface area contributed by atoms with Gasteiger partial charge in [-0.05, 0) is 43.4 Å². The fourth-order valence-electron chi connectivity index (χ4n) is 3.73. The topological polar surface area (TPSA) is 108 Å². The molecule has 1 fully saturated rings. The van der Waals surface area contributed by atoms with Gasteiger partial charge >= 0.3 is 0 Å². The van der Waals surface area contributed by atoms with Crippen LogP contribution < -0.4 is 5.32 Å².